The first kappa shape index (κ1) is 13.3. The number of thiophene rings is 1. The molecule has 2 aromatic heterocycles. The van der Waals surface area contributed by atoms with Gasteiger partial charge in [0.05, 0.1) is 0 Å². The van der Waals surface area contributed by atoms with E-state index in [0.29, 0.717) is 5.82 Å². The number of aromatic nitrogens is 2. The normalized spacial score (nSPS) is 12.4. The van der Waals surface area contributed by atoms with Crippen LogP contribution in [0.25, 0.3) is 0 Å². The molecule has 6 heteroatoms. The number of anilines is 2. The molecule has 0 bridgehead atoms. The maximum absolute atomic E-state index is 5.72. The Morgan fingerprint density at radius 1 is 1.44 bits per heavy atom. The fourth-order valence-electron chi connectivity index (χ4n) is 1.67. The number of nitrogens with two attached hydrogens (primary N) is 1. The van der Waals surface area contributed by atoms with Gasteiger partial charge in [0, 0.05) is 22.2 Å². The predicted octanol–water partition coefficient (Wildman–Crippen LogP) is 3.23. The summed E-state index contributed by atoms with van der Waals surface area (Å²) >= 11 is 5.21. The molecular weight excluding hydrogens is 312 g/mol. The second-order valence-electron chi connectivity index (χ2n) is 4.18. The predicted molar refractivity (Wildman–Crippen MR) is 80.0 cm³/mol. The Kier molecular flexibility index (Phi) is 4.19. The van der Waals surface area contributed by atoms with Crippen molar-refractivity contribution in [3.63, 3.8) is 0 Å². The third kappa shape index (κ3) is 3.20. The van der Waals surface area contributed by atoms with Gasteiger partial charge in [-0.25, -0.2) is 9.97 Å². The number of nitrogens with one attached hydrogen (secondary N) is 1. The first-order valence-corrected chi connectivity index (χ1v) is 7.25. The lowest BCUT2D eigenvalue weighted by atomic mass is 10.2. The summed E-state index contributed by atoms with van der Waals surface area (Å²) in [5.41, 5.74) is 5.72. The molecule has 2 aromatic rings. The molecule has 96 valence electrons. The average Bonchev–Trinajstić information content (AvgIpc) is 2.70. The van der Waals surface area contributed by atoms with Crippen LogP contribution in [0.2, 0.25) is 0 Å². The van der Waals surface area contributed by atoms with Gasteiger partial charge >= 0.3 is 0 Å². The van der Waals surface area contributed by atoms with Crippen LogP contribution in [0.3, 0.4) is 0 Å². The highest BCUT2D eigenvalue weighted by Gasteiger charge is 2.10. The highest BCUT2D eigenvalue weighted by atomic mass is 79.9. The fraction of sp³-hybridized carbons (Fsp3) is 0.333. The second-order valence-corrected chi connectivity index (χ2v) is 6.35. The summed E-state index contributed by atoms with van der Waals surface area (Å²) in [4.78, 5) is 10.8. The van der Waals surface area contributed by atoms with Crippen LogP contribution in [0.4, 0.5) is 11.6 Å². The third-order valence-corrected chi connectivity index (χ3v) is 4.31. The molecule has 0 fully saturated rings. The number of halogens is 1. The lowest BCUT2D eigenvalue weighted by molar-refractivity contribution is 0.792. The summed E-state index contributed by atoms with van der Waals surface area (Å²) in [6, 6.07) is 4.60. The lowest BCUT2D eigenvalue weighted by Crippen LogP contribution is -2.19. The van der Waals surface area contributed by atoms with Crippen molar-refractivity contribution >= 4 is 38.9 Å². The van der Waals surface area contributed by atoms with Gasteiger partial charge < -0.3 is 11.1 Å². The van der Waals surface area contributed by atoms with Gasteiger partial charge in [-0.15, -0.1) is 11.3 Å². The van der Waals surface area contributed by atoms with E-state index in [2.05, 4.69) is 57.2 Å². The summed E-state index contributed by atoms with van der Waals surface area (Å²) in [6.07, 6.45) is 2.43. The number of hydrogen-bond donors (Lipinski definition) is 2. The van der Waals surface area contributed by atoms with Gasteiger partial charge in [0.25, 0.3) is 0 Å². The minimum atomic E-state index is 0.286. The maximum atomic E-state index is 5.72. The van der Waals surface area contributed by atoms with E-state index in [9.17, 15) is 0 Å². The SMILES string of the molecule is Cc1ccc(CC(C)Nc2ncnc(N)c2Br)s1. The van der Waals surface area contributed by atoms with Crippen LogP contribution in [-0.2, 0) is 6.42 Å². The van der Waals surface area contributed by atoms with E-state index >= 15 is 0 Å². The molecule has 0 aliphatic heterocycles. The average molecular weight is 327 g/mol. The molecule has 0 aromatic carbocycles. The second kappa shape index (κ2) is 5.67. The molecule has 0 radical (unpaired) electrons. The van der Waals surface area contributed by atoms with E-state index in [4.69, 9.17) is 5.73 Å². The van der Waals surface area contributed by atoms with Crippen molar-refractivity contribution in [3.05, 3.63) is 32.7 Å². The highest BCUT2D eigenvalue weighted by molar-refractivity contribution is 9.10. The Morgan fingerprint density at radius 2 is 2.22 bits per heavy atom. The standard InChI is InChI=1S/C12H15BrN4S/c1-7(5-9-4-3-8(2)18-9)17-12-10(13)11(14)15-6-16-12/h3-4,6-7H,5H2,1-2H3,(H3,14,15,16,17). The highest BCUT2D eigenvalue weighted by Crippen LogP contribution is 2.25. The fourth-order valence-corrected chi connectivity index (χ4v) is 3.00. The van der Waals surface area contributed by atoms with Gasteiger partial charge in [0.2, 0.25) is 0 Å². The van der Waals surface area contributed by atoms with Crippen molar-refractivity contribution in [1.29, 1.82) is 0 Å². The molecule has 4 nitrogen and oxygen atoms in total. The van der Waals surface area contributed by atoms with Crippen LogP contribution in [0.5, 0.6) is 0 Å². The molecule has 1 atom stereocenters. The Morgan fingerprint density at radius 3 is 2.89 bits per heavy atom. The van der Waals surface area contributed by atoms with Crippen LogP contribution in [0.1, 0.15) is 16.7 Å². The largest absolute Gasteiger partial charge is 0.383 e. The maximum Gasteiger partial charge on any atom is 0.146 e. The molecule has 0 amide bonds. The Hall–Kier alpha value is -1.14. The van der Waals surface area contributed by atoms with Crippen molar-refractivity contribution in [2.75, 3.05) is 11.1 Å². The van der Waals surface area contributed by atoms with Crippen LogP contribution in [-0.4, -0.2) is 16.0 Å². The minimum Gasteiger partial charge on any atom is -0.383 e. The van der Waals surface area contributed by atoms with E-state index in [1.54, 1.807) is 0 Å². The molecule has 1 unspecified atom stereocenters. The monoisotopic (exact) mass is 326 g/mol. The molecule has 18 heavy (non-hydrogen) atoms. The van der Waals surface area contributed by atoms with E-state index in [1.165, 1.54) is 16.1 Å². The summed E-state index contributed by atoms with van der Waals surface area (Å²) in [6.45, 7) is 4.24. The summed E-state index contributed by atoms with van der Waals surface area (Å²) in [5.74, 6) is 1.19. The van der Waals surface area contributed by atoms with E-state index in [0.717, 1.165) is 16.7 Å². The van der Waals surface area contributed by atoms with Crippen molar-refractivity contribution in [2.24, 2.45) is 0 Å². The number of nitrogen functional groups attached to an aromatic ring is 1. The Bertz CT molecular complexity index is 541. The first-order chi connectivity index (χ1) is 8.56. The van der Waals surface area contributed by atoms with Crippen molar-refractivity contribution in [3.8, 4) is 0 Å². The van der Waals surface area contributed by atoms with Gasteiger partial charge in [-0.2, -0.15) is 0 Å². The zero-order valence-electron chi connectivity index (χ0n) is 10.3. The summed E-state index contributed by atoms with van der Waals surface area (Å²) < 4.78 is 0.721. The van der Waals surface area contributed by atoms with Crippen LogP contribution < -0.4 is 11.1 Å². The first-order valence-electron chi connectivity index (χ1n) is 5.64. The molecule has 0 spiro atoms. The number of aryl methyl sites for hydroxylation is 1. The van der Waals surface area contributed by atoms with Crippen LogP contribution in [0, 0.1) is 6.92 Å². The van der Waals surface area contributed by atoms with Gasteiger partial charge in [-0.05, 0) is 41.9 Å². The molecular formula is C12H15BrN4S. The van der Waals surface area contributed by atoms with E-state index in [-0.39, 0.29) is 6.04 Å². The van der Waals surface area contributed by atoms with Crippen molar-refractivity contribution in [1.82, 2.24) is 9.97 Å². The van der Waals surface area contributed by atoms with Crippen molar-refractivity contribution in [2.45, 2.75) is 26.3 Å². The number of nitrogens with zero attached hydrogens (tertiary/aromatic N) is 2. The molecule has 2 rings (SSSR count). The van der Waals surface area contributed by atoms with Crippen molar-refractivity contribution < 1.29 is 0 Å². The molecule has 2 heterocycles. The quantitative estimate of drug-likeness (QED) is 0.905. The summed E-state index contributed by atoms with van der Waals surface area (Å²) in [7, 11) is 0. The third-order valence-electron chi connectivity index (χ3n) is 2.50. The molecule has 0 saturated carbocycles. The molecule has 0 saturated heterocycles. The van der Waals surface area contributed by atoms with Gasteiger partial charge in [0.15, 0.2) is 0 Å². The molecule has 3 N–H and O–H groups in total. The minimum absolute atomic E-state index is 0.286. The molecule has 0 aliphatic rings. The van der Waals surface area contributed by atoms with Gasteiger partial charge in [-0.1, -0.05) is 0 Å². The van der Waals surface area contributed by atoms with Crippen LogP contribution in [0.15, 0.2) is 22.9 Å². The van der Waals surface area contributed by atoms with E-state index < -0.39 is 0 Å². The van der Waals surface area contributed by atoms with Gasteiger partial charge in [0.1, 0.15) is 22.4 Å². The van der Waals surface area contributed by atoms with E-state index in [1.807, 2.05) is 11.3 Å². The Labute approximate surface area is 119 Å². The van der Waals surface area contributed by atoms with Gasteiger partial charge in [-0.3, -0.25) is 0 Å². The lowest BCUT2D eigenvalue weighted by Gasteiger charge is -2.15. The zero-order chi connectivity index (χ0) is 13.1. The Balaban J connectivity index is 2.03. The number of hydrogen-bond acceptors (Lipinski definition) is 5. The van der Waals surface area contributed by atoms with Crippen LogP contribution >= 0.6 is 27.3 Å². The summed E-state index contributed by atoms with van der Waals surface area (Å²) in [5, 5.41) is 3.34. The smallest absolute Gasteiger partial charge is 0.146 e. The molecule has 0 aliphatic carbocycles. The number of rotatable bonds is 4. The topological polar surface area (TPSA) is 63.8 Å². The zero-order valence-corrected chi connectivity index (χ0v) is 12.7.